The zero-order valence-corrected chi connectivity index (χ0v) is 19.9. The van der Waals surface area contributed by atoms with Gasteiger partial charge >= 0.3 is 0 Å². The van der Waals surface area contributed by atoms with E-state index in [1.807, 2.05) is 85.3 Å². The van der Waals surface area contributed by atoms with E-state index >= 15 is 0 Å². The van der Waals surface area contributed by atoms with E-state index in [2.05, 4.69) is 57.0 Å². The van der Waals surface area contributed by atoms with E-state index in [1.165, 1.54) is 5.39 Å². The zero-order chi connectivity index (χ0) is 24.6. The lowest BCUT2D eigenvalue weighted by atomic mass is 10.0. The Balaban J connectivity index is 1.36. The average molecular weight is 476 g/mol. The van der Waals surface area contributed by atoms with E-state index < -0.39 is 0 Å². The van der Waals surface area contributed by atoms with Crippen molar-refractivity contribution < 1.29 is 0 Å². The Morgan fingerprint density at radius 3 is 2.00 bits per heavy atom. The number of hydrogen-bond acceptors (Lipinski definition) is 4. The van der Waals surface area contributed by atoms with Gasteiger partial charge in [-0.2, -0.15) is 0 Å². The van der Waals surface area contributed by atoms with Gasteiger partial charge in [0.05, 0.1) is 40.0 Å². The summed E-state index contributed by atoms with van der Waals surface area (Å²) in [5, 5.41) is 2.34. The smallest absolute Gasteiger partial charge is 0.138 e. The number of aromatic nitrogens is 5. The van der Waals surface area contributed by atoms with Crippen LogP contribution in [0.4, 0.5) is 0 Å². The fourth-order valence-electron chi connectivity index (χ4n) is 4.93. The van der Waals surface area contributed by atoms with Crippen LogP contribution in [0.25, 0.3) is 61.5 Å². The molecule has 5 nitrogen and oxygen atoms in total. The maximum absolute atomic E-state index is 5.06. The Morgan fingerprint density at radius 1 is 0.459 bits per heavy atom. The first kappa shape index (κ1) is 21.1. The Bertz CT molecular complexity index is 1840. The minimum atomic E-state index is 0.810. The van der Waals surface area contributed by atoms with E-state index in [0.29, 0.717) is 0 Å². The lowest BCUT2D eigenvalue weighted by Crippen LogP contribution is -1.99. The summed E-state index contributed by atoms with van der Waals surface area (Å²) in [4.78, 5) is 19.0. The molecule has 0 N–H and O–H groups in total. The third kappa shape index (κ3) is 3.65. The predicted molar refractivity (Wildman–Crippen MR) is 148 cm³/mol. The van der Waals surface area contributed by atoms with E-state index in [4.69, 9.17) is 9.97 Å². The average Bonchev–Trinajstić information content (AvgIpc) is 3.32. The van der Waals surface area contributed by atoms with Gasteiger partial charge in [-0.05, 0) is 48.5 Å². The van der Waals surface area contributed by atoms with E-state index in [1.54, 1.807) is 0 Å². The molecule has 0 aliphatic rings. The van der Waals surface area contributed by atoms with Gasteiger partial charge in [-0.25, -0.2) is 9.97 Å². The lowest BCUT2D eigenvalue weighted by Gasteiger charge is -2.11. The second kappa shape index (κ2) is 8.81. The van der Waals surface area contributed by atoms with Gasteiger partial charge in [-0.3, -0.25) is 14.5 Å². The van der Waals surface area contributed by atoms with Crippen molar-refractivity contribution in [2.45, 2.75) is 0 Å². The topological polar surface area (TPSA) is 56.5 Å². The first-order valence-corrected chi connectivity index (χ1v) is 12.2. The largest absolute Gasteiger partial charge is 0.292 e. The molecule has 2 aromatic carbocycles. The van der Waals surface area contributed by atoms with Crippen molar-refractivity contribution in [2.24, 2.45) is 0 Å². The molecule has 5 heterocycles. The zero-order valence-electron chi connectivity index (χ0n) is 19.9. The Hall–Kier alpha value is -5.16. The molecule has 0 saturated carbocycles. The Kier molecular flexibility index (Phi) is 5.03. The number of fused-ring (bicyclic) bond motifs is 3. The molecule has 7 aromatic rings. The van der Waals surface area contributed by atoms with Crippen LogP contribution in [-0.4, -0.2) is 24.5 Å². The molecule has 0 fully saturated rings. The molecule has 0 spiro atoms. The number of para-hydroxylation sites is 1. The first-order chi connectivity index (χ1) is 18.4. The van der Waals surface area contributed by atoms with Crippen molar-refractivity contribution in [2.75, 3.05) is 0 Å². The normalized spacial score (nSPS) is 11.2. The molecular formula is C32H21N5. The minimum absolute atomic E-state index is 0.810. The van der Waals surface area contributed by atoms with Crippen LogP contribution < -0.4 is 0 Å². The van der Waals surface area contributed by atoms with E-state index in [9.17, 15) is 0 Å². The van der Waals surface area contributed by atoms with Gasteiger partial charge in [0, 0.05) is 34.3 Å². The van der Waals surface area contributed by atoms with Crippen LogP contribution in [0.1, 0.15) is 0 Å². The van der Waals surface area contributed by atoms with Gasteiger partial charge in [-0.15, -0.1) is 0 Å². The molecule has 0 bridgehead atoms. The van der Waals surface area contributed by atoms with Crippen molar-refractivity contribution in [1.29, 1.82) is 0 Å². The van der Waals surface area contributed by atoms with Crippen LogP contribution in [0, 0.1) is 0 Å². The number of hydrogen-bond donors (Lipinski definition) is 0. The van der Waals surface area contributed by atoms with Crippen LogP contribution in [-0.2, 0) is 0 Å². The van der Waals surface area contributed by atoms with Crippen molar-refractivity contribution in [1.82, 2.24) is 24.5 Å². The second-order valence-electron chi connectivity index (χ2n) is 8.80. The highest BCUT2D eigenvalue weighted by molar-refractivity contribution is 6.08. The van der Waals surface area contributed by atoms with Gasteiger partial charge < -0.3 is 0 Å². The second-order valence-corrected chi connectivity index (χ2v) is 8.80. The predicted octanol–water partition coefficient (Wildman–Crippen LogP) is 7.36. The Labute approximate surface area is 213 Å². The number of rotatable bonds is 4. The molecule has 174 valence electrons. The van der Waals surface area contributed by atoms with Crippen LogP contribution in [0.15, 0.2) is 128 Å². The summed E-state index contributed by atoms with van der Waals surface area (Å²) in [5.74, 6) is 0.831. The molecule has 0 radical (unpaired) electrons. The molecule has 5 aromatic heterocycles. The highest BCUT2D eigenvalue weighted by atomic mass is 15.1. The lowest BCUT2D eigenvalue weighted by molar-refractivity contribution is 1.07. The highest BCUT2D eigenvalue weighted by Crippen LogP contribution is 2.33. The molecule has 0 saturated heterocycles. The molecule has 5 heteroatoms. The van der Waals surface area contributed by atoms with Crippen LogP contribution in [0.2, 0.25) is 0 Å². The van der Waals surface area contributed by atoms with Gasteiger partial charge in [0.1, 0.15) is 5.82 Å². The SMILES string of the molecule is c1ccc(-c2ccccc2-c2cccc(-c3cccc(-n4c5ccccc5c5ccncc54)n3)n2)nc1. The maximum atomic E-state index is 5.06. The third-order valence-electron chi connectivity index (χ3n) is 6.59. The molecule has 37 heavy (non-hydrogen) atoms. The monoisotopic (exact) mass is 475 g/mol. The van der Waals surface area contributed by atoms with Gasteiger partial charge in [0.25, 0.3) is 0 Å². The summed E-state index contributed by atoms with van der Waals surface area (Å²) in [6, 6.07) is 36.8. The molecule has 0 unspecified atom stereocenters. The Morgan fingerprint density at radius 2 is 1.14 bits per heavy atom. The summed E-state index contributed by atoms with van der Waals surface area (Å²) in [7, 11) is 0. The van der Waals surface area contributed by atoms with Gasteiger partial charge in [0.2, 0.25) is 0 Å². The van der Waals surface area contributed by atoms with Crippen molar-refractivity contribution in [3.8, 4) is 39.7 Å². The fourth-order valence-corrected chi connectivity index (χ4v) is 4.93. The molecule has 7 rings (SSSR count). The summed E-state index contributed by atoms with van der Waals surface area (Å²) in [6.07, 6.45) is 5.55. The summed E-state index contributed by atoms with van der Waals surface area (Å²) >= 11 is 0. The molecule has 0 atom stereocenters. The van der Waals surface area contributed by atoms with Crippen molar-refractivity contribution in [3.63, 3.8) is 0 Å². The van der Waals surface area contributed by atoms with Crippen LogP contribution in [0.5, 0.6) is 0 Å². The van der Waals surface area contributed by atoms with E-state index in [-0.39, 0.29) is 0 Å². The molecule has 0 amide bonds. The number of pyridine rings is 4. The molecule has 0 aliphatic heterocycles. The van der Waals surface area contributed by atoms with Gasteiger partial charge in [-0.1, -0.05) is 60.7 Å². The summed E-state index contributed by atoms with van der Waals surface area (Å²) < 4.78 is 2.17. The highest BCUT2D eigenvalue weighted by Gasteiger charge is 2.14. The number of benzene rings is 2. The van der Waals surface area contributed by atoms with Gasteiger partial charge in [0.15, 0.2) is 0 Å². The summed E-state index contributed by atoms with van der Waals surface area (Å²) in [5.41, 5.74) is 7.64. The van der Waals surface area contributed by atoms with Crippen LogP contribution in [0.3, 0.4) is 0 Å². The van der Waals surface area contributed by atoms with Crippen molar-refractivity contribution in [3.05, 3.63) is 128 Å². The summed E-state index contributed by atoms with van der Waals surface area (Å²) in [6.45, 7) is 0. The minimum Gasteiger partial charge on any atom is -0.292 e. The number of nitrogens with zero attached hydrogens (tertiary/aromatic N) is 5. The molecule has 0 aliphatic carbocycles. The quantitative estimate of drug-likeness (QED) is 0.267. The van der Waals surface area contributed by atoms with Crippen LogP contribution >= 0.6 is 0 Å². The van der Waals surface area contributed by atoms with E-state index in [0.717, 1.165) is 56.1 Å². The standard InChI is InChI=1S/C32H21N5/c1-2-10-23(22(9-1)26-12-5-6-19-34-26)27-13-7-14-28(35-27)29-15-8-17-32(36-29)37-30-16-4-3-11-24(30)25-18-20-33-21-31(25)37/h1-21H. The maximum Gasteiger partial charge on any atom is 0.138 e. The first-order valence-electron chi connectivity index (χ1n) is 12.2. The van der Waals surface area contributed by atoms with Crippen molar-refractivity contribution >= 4 is 21.8 Å². The molecular weight excluding hydrogens is 454 g/mol. The third-order valence-corrected chi connectivity index (χ3v) is 6.59. The fraction of sp³-hybridized carbons (Fsp3) is 0.